The second-order valence-corrected chi connectivity index (χ2v) is 8.87. The predicted molar refractivity (Wildman–Crippen MR) is 134 cm³/mol. The zero-order valence-electron chi connectivity index (χ0n) is 20.3. The maximum atomic E-state index is 14.1. The van der Waals surface area contributed by atoms with Crippen LogP contribution in [0, 0.1) is 12.7 Å². The van der Waals surface area contributed by atoms with E-state index in [1.165, 1.54) is 13.2 Å². The summed E-state index contributed by atoms with van der Waals surface area (Å²) in [5, 5.41) is 2.69. The van der Waals surface area contributed by atoms with E-state index in [1.807, 2.05) is 30.3 Å². The molecule has 0 radical (unpaired) electrons. The minimum Gasteiger partial charge on any atom is -0.485 e. The summed E-state index contributed by atoms with van der Waals surface area (Å²) in [7, 11) is 1.25. The minimum atomic E-state index is -1.39. The first-order valence-electron chi connectivity index (χ1n) is 11.8. The van der Waals surface area contributed by atoms with Gasteiger partial charge in [-0.15, -0.1) is 0 Å². The molecule has 3 heterocycles. The van der Waals surface area contributed by atoms with Crippen LogP contribution in [0.2, 0.25) is 0 Å². The Hall–Kier alpha value is -4.30. The van der Waals surface area contributed by atoms with Gasteiger partial charge in [0.1, 0.15) is 23.8 Å². The number of methoxy groups -OCH3 is 1. The van der Waals surface area contributed by atoms with E-state index in [9.17, 15) is 14.0 Å². The van der Waals surface area contributed by atoms with Crippen molar-refractivity contribution < 1.29 is 28.2 Å². The van der Waals surface area contributed by atoms with Crippen LogP contribution < -0.4 is 10.1 Å². The Morgan fingerprint density at radius 1 is 1.16 bits per heavy atom. The highest BCUT2D eigenvalue weighted by molar-refractivity contribution is 6.12. The molecule has 2 aromatic carbocycles. The molecule has 2 aliphatic rings. The number of pyridine rings is 1. The van der Waals surface area contributed by atoms with Gasteiger partial charge in [-0.2, -0.15) is 0 Å². The van der Waals surface area contributed by atoms with Gasteiger partial charge in [0.05, 0.1) is 24.5 Å². The van der Waals surface area contributed by atoms with Crippen molar-refractivity contribution in [3.63, 3.8) is 0 Å². The smallest absolute Gasteiger partial charge is 0.337 e. The Morgan fingerprint density at radius 3 is 2.68 bits per heavy atom. The number of nitrogens with one attached hydrogen (secondary N) is 1. The van der Waals surface area contributed by atoms with E-state index in [0.29, 0.717) is 17.7 Å². The molecule has 5 rings (SSSR count). The van der Waals surface area contributed by atoms with E-state index in [0.717, 1.165) is 5.56 Å². The quantitative estimate of drug-likeness (QED) is 0.366. The molecule has 3 unspecified atom stereocenters. The number of aryl methyl sites for hydroxylation is 1. The van der Waals surface area contributed by atoms with Crippen LogP contribution in [0.4, 0.5) is 10.1 Å². The van der Waals surface area contributed by atoms with Crippen LogP contribution in [0.1, 0.15) is 11.1 Å². The van der Waals surface area contributed by atoms with Gasteiger partial charge in [-0.25, -0.2) is 9.18 Å². The van der Waals surface area contributed by atoms with E-state index >= 15 is 0 Å². The summed E-state index contributed by atoms with van der Waals surface area (Å²) in [5.74, 6) is -1.26. The van der Waals surface area contributed by atoms with Crippen LogP contribution in [-0.4, -0.2) is 41.8 Å². The van der Waals surface area contributed by atoms with Gasteiger partial charge in [0.2, 0.25) is 0 Å². The van der Waals surface area contributed by atoms with Crippen molar-refractivity contribution in [2.24, 2.45) is 0 Å². The third-order valence-corrected chi connectivity index (χ3v) is 6.50. The summed E-state index contributed by atoms with van der Waals surface area (Å²) >= 11 is 0. The van der Waals surface area contributed by atoms with Crippen molar-refractivity contribution in [1.82, 2.24) is 4.98 Å². The maximum absolute atomic E-state index is 14.1. The maximum Gasteiger partial charge on any atom is 0.337 e. The average Bonchev–Trinajstić information content (AvgIpc) is 3.49. The molecule has 2 aliphatic heterocycles. The van der Waals surface area contributed by atoms with E-state index < -0.39 is 35.5 Å². The van der Waals surface area contributed by atoms with Crippen molar-refractivity contribution >= 4 is 17.6 Å². The summed E-state index contributed by atoms with van der Waals surface area (Å²) in [6.07, 6.45) is 5.49. The topological polar surface area (TPSA) is 86.8 Å². The Labute approximate surface area is 213 Å². The molecule has 3 aromatic rings. The van der Waals surface area contributed by atoms with E-state index in [4.69, 9.17) is 14.2 Å². The fraction of sp³-hybridized carbons (Fsp3) is 0.207. The molecule has 1 N–H and O–H groups in total. The normalized spacial score (nSPS) is 20.6. The van der Waals surface area contributed by atoms with E-state index in [1.54, 1.807) is 55.7 Å². The van der Waals surface area contributed by atoms with Gasteiger partial charge in [-0.3, -0.25) is 9.78 Å². The number of ether oxygens (including phenoxy) is 3. The first kappa shape index (κ1) is 24.4. The minimum absolute atomic E-state index is 0.0532. The molecule has 0 saturated carbocycles. The van der Waals surface area contributed by atoms with Gasteiger partial charge < -0.3 is 19.5 Å². The van der Waals surface area contributed by atoms with Gasteiger partial charge in [-0.05, 0) is 48.4 Å². The summed E-state index contributed by atoms with van der Waals surface area (Å²) in [6, 6.07) is 17.5. The highest BCUT2D eigenvalue weighted by Gasteiger charge is 2.59. The number of benzene rings is 2. The molecule has 1 amide bonds. The monoisotopic (exact) mass is 500 g/mol. The molecule has 37 heavy (non-hydrogen) atoms. The van der Waals surface area contributed by atoms with Gasteiger partial charge >= 0.3 is 5.97 Å². The van der Waals surface area contributed by atoms with Crippen LogP contribution in [0.15, 0.2) is 96.4 Å². The first-order chi connectivity index (χ1) is 17.9. The lowest BCUT2D eigenvalue weighted by Crippen LogP contribution is -2.48. The zero-order valence-corrected chi connectivity index (χ0v) is 20.3. The predicted octanol–water partition coefficient (Wildman–Crippen LogP) is 4.33. The number of carbonyl (C=O) groups excluding carboxylic acids is 2. The molecule has 188 valence electrons. The molecule has 2 bridgehead atoms. The molecule has 1 aromatic heterocycles. The molecule has 0 spiro atoms. The molecular formula is C29H25FN2O5. The first-order valence-corrected chi connectivity index (χ1v) is 11.8. The molecule has 8 heteroatoms. The Bertz CT molecular complexity index is 1350. The number of carbonyl (C=O) groups is 2. The molecule has 7 nitrogen and oxygen atoms in total. The van der Waals surface area contributed by atoms with Crippen molar-refractivity contribution in [3.05, 3.63) is 113 Å². The van der Waals surface area contributed by atoms with Gasteiger partial charge in [0, 0.05) is 18.3 Å². The van der Waals surface area contributed by atoms with Crippen LogP contribution in [0.5, 0.6) is 5.75 Å². The van der Waals surface area contributed by atoms with Crippen LogP contribution in [0.25, 0.3) is 0 Å². The second-order valence-electron chi connectivity index (χ2n) is 8.87. The summed E-state index contributed by atoms with van der Waals surface area (Å²) < 4.78 is 31.9. The Balaban J connectivity index is 1.56. The lowest BCUT2D eigenvalue weighted by molar-refractivity contribution is -0.139. The Morgan fingerprint density at radius 2 is 1.97 bits per heavy atom. The molecule has 0 aliphatic carbocycles. The van der Waals surface area contributed by atoms with Gasteiger partial charge in [0.15, 0.2) is 5.60 Å². The van der Waals surface area contributed by atoms with Crippen molar-refractivity contribution in [2.45, 2.75) is 31.2 Å². The number of hydrogen-bond donors (Lipinski definition) is 1. The summed E-state index contributed by atoms with van der Waals surface area (Å²) in [4.78, 5) is 30.8. The number of halogens is 1. The van der Waals surface area contributed by atoms with Crippen LogP contribution in [0.3, 0.4) is 0 Å². The number of rotatable bonds is 8. The standard InChI is InChI=1S/C29H25FN2O5/c1-18-10-11-20(16-22(18)30)32-27(33)25-23-12-13-29(37-23,26(25)28(34)35-2)24(15-19-7-4-3-5-8-19)36-21-9-6-14-31-17-21/h3-14,16-17,23-24H,15H2,1-2H3,(H,32,33). The van der Waals surface area contributed by atoms with Crippen molar-refractivity contribution in [3.8, 4) is 5.75 Å². The number of esters is 1. The third-order valence-electron chi connectivity index (χ3n) is 6.50. The zero-order chi connectivity index (χ0) is 26.0. The largest absolute Gasteiger partial charge is 0.485 e. The molecule has 3 atom stereocenters. The fourth-order valence-corrected chi connectivity index (χ4v) is 4.69. The summed E-state index contributed by atoms with van der Waals surface area (Å²) in [6.45, 7) is 1.63. The number of nitrogens with zero attached hydrogens (tertiary/aromatic N) is 1. The number of amides is 1. The Kier molecular flexibility index (Phi) is 6.58. The number of hydrogen-bond acceptors (Lipinski definition) is 6. The number of aromatic nitrogens is 1. The fourth-order valence-electron chi connectivity index (χ4n) is 4.69. The number of anilines is 1. The number of fused-ring (bicyclic) bond motifs is 2. The van der Waals surface area contributed by atoms with E-state index in [2.05, 4.69) is 10.3 Å². The van der Waals surface area contributed by atoms with Gasteiger partial charge in [0.25, 0.3) is 5.91 Å². The molecular weight excluding hydrogens is 475 g/mol. The SMILES string of the molecule is COC(=O)C1=C(C(=O)Nc2ccc(C)c(F)c2)C2C=CC1(C(Cc1ccccc1)Oc1cccnc1)O2. The molecule has 0 fully saturated rings. The second kappa shape index (κ2) is 9.99. The van der Waals surface area contributed by atoms with Crippen LogP contribution in [-0.2, 0) is 25.5 Å². The lowest BCUT2D eigenvalue weighted by atomic mass is 9.80. The highest BCUT2D eigenvalue weighted by Crippen LogP contribution is 2.47. The van der Waals surface area contributed by atoms with Crippen molar-refractivity contribution in [1.29, 1.82) is 0 Å². The van der Waals surface area contributed by atoms with E-state index in [-0.39, 0.29) is 16.8 Å². The van der Waals surface area contributed by atoms with Gasteiger partial charge in [-0.1, -0.05) is 42.5 Å². The summed E-state index contributed by atoms with van der Waals surface area (Å²) in [5.41, 5.74) is 0.422. The van der Waals surface area contributed by atoms with Crippen molar-refractivity contribution in [2.75, 3.05) is 12.4 Å². The lowest BCUT2D eigenvalue weighted by Gasteiger charge is -2.34. The third kappa shape index (κ3) is 4.63. The van der Waals surface area contributed by atoms with Crippen LogP contribution >= 0.6 is 0 Å². The average molecular weight is 501 g/mol. The molecule has 0 saturated heterocycles. The highest BCUT2D eigenvalue weighted by atomic mass is 19.1.